The van der Waals surface area contributed by atoms with E-state index in [0.717, 1.165) is 18.8 Å². The number of rotatable bonds is 3. The summed E-state index contributed by atoms with van der Waals surface area (Å²) in [6.45, 7) is 6.35. The van der Waals surface area contributed by atoms with E-state index in [4.69, 9.17) is 4.74 Å². The molecular weight excluding hydrogens is 186 g/mol. The quantitative estimate of drug-likeness (QED) is 0.818. The molecule has 1 saturated heterocycles. The van der Waals surface area contributed by atoms with Crippen molar-refractivity contribution in [2.24, 2.45) is 0 Å². The molecule has 0 amide bonds. The second-order valence-electron chi connectivity index (χ2n) is 4.39. The highest BCUT2D eigenvalue weighted by Crippen LogP contribution is 2.30. The maximum atomic E-state index is 5.83. The van der Waals surface area contributed by atoms with Crippen molar-refractivity contribution in [1.82, 2.24) is 5.32 Å². The smallest absolute Gasteiger partial charge is 0.123 e. The maximum Gasteiger partial charge on any atom is 0.123 e. The van der Waals surface area contributed by atoms with E-state index in [2.05, 4.69) is 37.4 Å². The zero-order valence-corrected chi connectivity index (χ0v) is 9.49. The Balaban J connectivity index is 2.20. The van der Waals surface area contributed by atoms with E-state index in [1.54, 1.807) is 0 Å². The molecule has 15 heavy (non-hydrogen) atoms. The van der Waals surface area contributed by atoms with Crippen LogP contribution in [0.25, 0.3) is 0 Å². The number of para-hydroxylation sites is 1. The molecule has 2 rings (SSSR count). The normalized spacial score (nSPS) is 20.9. The van der Waals surface area contributed by atoms with Gasteiger partial charge in [0.05, 0.1) is 6.10 Å². The average Bonchev–Trinajstić information content (AvgIpc) is 2.70. The van der Waals surface area contributed by atoms with Crippen LogP contribution in [0.5, 0.6) is 5.75 Å². The lowest BCUT2D eigenvalue weighted by atomic mass is 9.97. The van der Waals surface area contributed by atoms with E-state index in [0.29, 0.717) is 5.92 Å². The minimum absolute atomic E-state index is 0.250. The van der Waals surface area contributed by atoms with Crippen molar-refractivity contribution in [3.8, 4) is 5.75 Å². The predicted octanol–water partition coefficient (Wildman–Crippen LogP) is 2.55. The second kappa shape index (κ2) is 4.67. The van der Waals surface area contributed by atoms with Crippen molar-refractivity contribution >= 4 is 0 Å². The van der Waals surface area contributed by atoms with E-state index in [1.807, 2.05) is 6.07 Å². The monoisotopic (exact) mass is 205 g/mol. The molecule has 1 aromatic carbocycles. The van der Waals surface area contributed by atoms with Gasteiger partial charge in [-0.3, -0.25) is 0 Å². The van der Waals surface area contributed by atoms with E-state index in [-0.39, 0.29) is 6.10 Å². The molecule has 0 saturated carbocycles. The van der Waals surface area contributed by atoms with Gasteiger partial charge in [-0.15, -0.1) is 0 Å². The van der Waals surface area contributed by atoms with E-state index in [9.17, 15) is 0 Å². The van der Waals surface area contributed by atoms with Gasteiger partial charge in [-0.2, -0.15) is 0 Å². The molecule has 1 unspecified atom stereocenters. The summed E-state index contributed by atoms with van der Waals surface area (Å²) in [5.74, 6) is 1.68. The second-order valence-corrected chi connectivity index (χ2v) is 4.39. The van der Waals surface area contributed by atoms with Crippen LogP contribution in [0, 0.1) is 0 Å². The third-order valence-corrected chi connectivity index (χ3v) is 2.78. The van der Waals surface area contributed by atoms with Crippen LogP contribution in [0.4, 0.5) is 0 Å². The van der Waals surface area contributed by atoms with Gasteiger partial charge in [-0.25, -0.2) is 0 Å². The number of nitrogens with one attached hydrogen (secondary N) is 1. The molecule has 1 aliphatic rings. The van der Waals surface area contributed by atoms with Crippen LogP contribution in [0.15, 0.2) is 24.3 Å². The van der Waals surface area contributed by atoms with E-state index < -0.39 is 0 Å². The zero-order chi connectivity index (χ0) is 10.7. The fraction of sp³-hybridized carbons (Fsp3) is 0.538. The van der Waals surface area contributed by atoms with Gasteiger partial charge in [-0.1, -0.05) is 18.2 Å². The van der Waals surface area contributed by atoms with Crippen LogP contribution < -0.4 is 10.1 Å². The third kappa shape index (κ3) is 2.51. The topological polar surface area (TPSA) is 21.3 Å². The molecular formula is C13H19NO. The Labute approximate surface area is 91.6 Å². The van der Waals surface area contributed by atoms with E-state index >= 15 is 0 Å². The van der Waals surface area contributed by atoms with Gasteiger partial charge in [0.2, 0.25) is 0 Å². The van der Waals surface area contributed by atoms with Gasteiger partial charge in [0.1, 0.15) is 5.75 Å². The predicted molar refractivity (Wildman–Crippen MR) is 62.4 cm³/mol. The van der Waals surface area contributed by atoms with Crippen molar-refractivity contribution in [3.05, 3.63) is 29.8 Å². The first-order valence-corrected chi connectivity index (χ1v) is 5.73. The van der Waals surface area contributed by atoms with Crippen LogP contribution in [-0.2, 0) is 0 Å². The molecule has 1 heterocycles. The highest BCUT2D eigenvalue weighted by atomic mass is 16.5. The van der Waals surface area contributed by atoms with Crippen molar-refractivity contribution in [1.29, 1.82) is 0 Å². The minimum Gasteiger partial charge on any atom is -0.491 e. The van der Waals surface area contributed by atoms with Gasteiger partial charge in [-0.05, 0) is 38.4 Å². The lowest BCUT2D eigenvalue weighted by Crippen LogP contribution is -2.11. The summed E-state index contributed by atoms with van der Waals surface area (Å²) in [5.41, 5.74) is 1.36. The molecule has 2 nitrogen and oxygen atoms in total. The summed E-state index contributed by atoms with van der Waals surface area (Å²) >= 11 is 0. The first-order chi connectivity index (χ1) is 7.27. The Bertz CT molecular complexity index is 316. The molecule has 1 aromatic rings. The van der Waals surface area contributed by atoms with Gasteiger partial charge in [0, 0.05) is 12.5 Å². The lowest BCUT2D eigenvalue weighted by molar-refractivity contribution is 0.239. The molecule has 0 radical (unpaired) electrons. The Morgan fingerprint density at radius 2 is 2.13 bits per heavy atom. The highest BCUT2D eigenvalue weighted by Gasteiger charge is 2.20. The molecule has 0 spiro atoms. The van der Waals surface area contributed by atoms with Crippen LogP contribution in [-0.4, -0.2) is 19.2 Å². The highest BCUT2D eigenvalue weighted by molar-refractivity contribution is 5.37. The van der Waals surface area contributed by atoms with Gasteiger partial charge in [0.25, 0.3) is 0 Å². The van der Waals surface area contributed by atoms with Crippen molar-refractivity contribution in [3.63, 3.8) is 0 Å². The summed E-state index contributed by atoms with van der Waals surface area (Å²) in [6.07, 6.45) is 1.47. The fourth-order valence-corrected chi connectivity index (χ4v) is 2.10. The fourth-order valence-electron chi connectivity index (χ4n) is 2.10. The molecule has 82 valence electrons. The Hall–Kier alpha value is -1.02. The largest absolute Gasteiger partial charge is 0.491 e. The van der Waals surface area contributed by atoms with Gasteiger partial charge in [0.15, 0.2) is 0 Å². The summed E-state index contributed by atoms with van der Waals surface area (Å²) in [5, 5.41) is 3.40. The molecule has 1 N–H and O–H groups in total. The molecule has 1 aliphatic heterocycles. The summed E-state index contributed by atoms with van der Waals surface area (Å²) < 4.78 is 5.83. The first kappa shape index (κ1) is 10.5. The van der Waals surface area contributed by atoms with Crippen LogP contribution in [0.1, 0.15) is 31.7 Å². The van der Waals surface area contributed by atoms with E-state index in [1.165, 1.54) is 12.0 Å². The SMILES string of the molecule is CC(C)Oc1ccccc1C1CCNC1. The molecule has 1 fully saturated rings. The Morgan fingerprint density at radius 1 is 1.33 bits per heavy atom. The number of hydrogen-bond acceptors (Lipinski definition) is 2. The molecule has 1 atom stereocenters. The van der Waals surface area contributed by atoms with Crippen molar-refractivity contribution < 1.29 is 4.74 Å². The van der Waals surface area contributed by atoms with Crippen LogP contribution >= 0.6 is 0 Å². The average molecular weight is 205 g/mol. The minimum atomic E-state index is 0.250. The zero-order valence-electron chi connectivity index (χ0n) is 9.49. The number of benzene rings is 1. The standard InChI is InChI=1S/C13H19NO/c1-10(2)15-13-6-4-3-5-12(13)11-7-8-14-9-11/h3-6,10-11,14H,7-9H2,1-2H3. The maximum absolute atomic E-state index is 5.83. The third-order valence-electron chi connectivity index (χ3n) is 2.78. The number of hydrogen-bond donors (Lipinski definition) is 1. The lowest BCUT2D eigenvalue weighted by Gasteiger charge is -2.17. The van der Waals surface area contributed by atoms with Gasteiger partial charge < -0.3 is 10.1 Å². The summed E-state index contributed by atoms with van der Waals surface area (Å²) in [6, 6.07) is 8.41. The molecule has 0 aliphatic carbocycles. The van der Waals surface area contributed by atoms with Gasteiger partial charge >= 0.3 is 0 Å². The molecule has 0 bridgehead atoms. The van der Waals surface area contributed by atoms with Crippen molar-refractivity contribution in [2.75, 3.05) is 13.1 Å². The Kier molecular flexibility index (Phi) is 3.27. The molecule has 0 aromatic heterocycles. The van der Waals surface area contributed by atoms with Crippen LogP contribution in [0.2, 0.25) is 0 Å². The molecule has 2 heteroatoms. The Morgan fingerprint density at radius 3 is 2.80 bits per heavy atom. The first-order valence-electron chi connectivity index (χ1n) is 5.73. The van der Waals surface area contributed by atoms with Crippen LogP contribution in [0.3, 0.4) is 0 Å². The summed E-state index contributed by atoms with van der Waals surface area (Å²) in [4.78, 5) is 0. The summed E-state index contributed by atoms with van der Waals surface area (Å²) in [7, 11) is 0. The number of ether oxygens (including phenoxy) is 1. The van der Waals surface area contributed by atoms with Crippen molar-refractivity contribution in [2.45, 2.75) is 32.3 Å².